The first kappa shape index (κ1) is 9.64. The Morgan fingerprint density at radius 3 is 2.80 bits per heavy atom. The van der Waals surface area contributed by atoms with Crippen molar-refractivity contribution in [1.82, 2.24) is 14.8 Å². The van der Waals surface area contributed by atoms with Crippen LogP contribution in [-0.2, 0) is 7.05 Å². The molecule has 0 unspecified atom stereocenters. The summed E-state index contributed by atoms with van der Waals surface area (Å²) in [5, 5.41) is 4.10. The van der Waals surface area contributed by atoms with Crippen LogP contribution in [0.25, 0.3) is 0 Å². The van der Waals surface area contributed by atoms with Gasteiger partial charge in [0.05, 0.1) is 5.69 Å². The van der Waals surface area contributed by atoms with Gasteiger partial charge in [0.1, 0.15) is 0 Å². The predicted octanol–water partition coefficient (Wildman–Crippen LogP) is 2.05. The molecule has 0 N–H and O–H groups in total. The number of aryl methyl sites for hydroxylation is 2. The number of hydrogen-bond acceptors (Lipinski definition) is 3. The van der Waals surface area contributed by atoms with Crippen LogP contribution in [-0.4, -0.2) is 14.8 Å². The molecule has 0 aromatic carbocycles. The van der Waals surface area contributed by atoms with E-state index in [1.807, 2.05) is 6.92 Å². The normalized spacial score (nSPS) is 10.3. The van der Waals surface area contributed by atoms with E-state index in [9.17, 15) is 4.39 Å². The van der Waals surface area contributed by atoms with Crippen LogP contribution in [0.1, 0.15) is 5.69 Å². The smallest absolute Gasteiger partial charge is 0.223 e. The summed E-state index contributed by atoms with van der Waals surface area (Å²) in [6, 6.07) is 6.15. The summed E-state index contributed by atoms with van der Waals surface area (Å²) in [4.78, 5) is 3.59. The second kappa shape index (κ2) is 3.68. The molecule has 0 bridgehead atoms. The first-order chi connectivity index (χ1) is 7.15. The SMILES string of the molecule is Cc1cc(Oc2cccc(F)n2)n(C)n1. The van der Waals surface area contributed by atoms with Crippen molar-refractivity contribution >= 4 is 0 Å². The number of rotatable bonds is 2. The fraction of sp³-hybridized carbons (Fsp3) is 0.200. The van der Waals surface area contributed by atoms with Gasteiger partial charge in [0.2, 0.25) is 17.7 Å². The molecule has 78 valence electrons. The van der Waals surface area contributed by atoms with Crippen molar-refractivity contribution in [2.75, 3.05) is 0 Å². The van der Waals surface area contributed by atoms with Gasteiger partial charge in [-0.3, -0.25) is 0 Å². The molecular formula is C10H10FN3O. The first-order valence-corrected chi connectivity index (χ1v) is 4.46. The van der Waals surface area contributed by atoms with Gasteiger partial charge in [0.15, 0.2) is 0 Å². The molecule has 15 heavy (non-hydrogen) atoms. The van der Waals surface area contributed by atoms with Crippen molar-refractivity contribution in [2.24, 2.45) is 7.05 Å². The van der Waals surface area contributed by atoms with Crippen molar-refractivity contribution in [2.45, 2.75) is 6.92 Å². The second-order valence-corrected chi connectivity index (χ2v) is 3.15. The summed E-state index contributed by atoms with van der Waals surface area (Å²) in [5.41, 5.74) is 0.837. The lowest BCUT2D eigenvalue weighted by atomic mass is 10.5. The van der Waals surface area contributed by atoms with Crippen LogP contribution in [0.4, 0.5) is 4.39 Å². The third-order valence-corrected chi connectivity index (χ3v) is 1.86. The van der Waals surface area contributed by atoms with E-state index in [0.29, 0.717) is 5.88 Å². The highest BCUT2D eigenvalue weighted by Gasteiger charge is 2.05. The predicted molar refractivity (Wildman–Crippen MR) is 52.2 cm³/mol. The van der Waals surface area contributed by atoms with Crippen molar-refractivity contribution in [1.29, 1.82) is 0 Å². The fourth-order valence-electron chi connectivity index (χ4n) is 1.24. The summed E-state index contributed by atoms with van der Waals surface area (Å²) in [6.07, 6.45) is 0. The molecule has 0 saturated carbocycles. The quantitative estimate of drug-likeness (QED) is 0.707. The Labute approximate surface area is 86.3 Å². The third-order valence-electron chi connectivity index (χ3n) is 1.86. The Morgan fingerprint density at radius 2 is 2.20 bits per heavy atom. The average molecular weight is 207 g/mol. The molecule has 0 aliphatic rings. The summed E-state index contributed by atoms with van der Waals surface area (Å²) in [7, 11) is 1.75. The van der Waals surface area contributed by atoms with E-state index in [1.165, 1.54) is 6.07 Å². The van der Waals surface area contributed by atoms with Gasteiger partial charge in [-0.25, -0.2) is 4.68 Å². The van der Waals surface area contributed by atoms with E-state index in [2.05, 4.69) is 10.1 Å². The average Bonchev–Trinajstić information content (AvgIpc) is 2.45. The Bertz CT molecular complexity index is 481. The van der Waals surface area contributed by atoms with E-state index in [4.69, 9.17) is 4.74 Å². The zero-order valence-corrected chi connectivity index (χ0v) is 8.44. The molecule has 0 fully saturated rings. The van der Waals surface area contributed by atoms with E-state index >= 15 is 0 Å². The number of halogens is 1. The van der Waals surface area contributed by atoms with Crippen molar-refractivity contribution in [3.05, 3.63) is 35.9 Å². The summed E-state index contributed by atoms with van der Waals surface area (Å²) in [5.74, 6) is 0.190. The van der Waals surface area contributed by atoms with Crippen molar-refractivity contribution in [3.8, 4) is 11.8 Å². The van der Waals surface area contributed by atoms with Gasteiger partial charge >= 0.3 is 0 Å². The molecule has 0 amide bonds. The molecule has 4 nitrogen and oxygen atoms in total. The fourth-order valence-corrected chi connectivity index (χ4v) is 1.24. The van der Waals surface area contributed by atoms with Crippen LogP contribution in [0.2, 0.25) is 0 Å². The lowest BCUT2D eigenvalue weighted by molar-refractivity contribution is 0.405. The van der Waals surface area contributed by atoms with Crippen molar-refractivity contribution in [3.63, 3.8) is 0 Å². The minimum Gasteiger partial charge on any atom is -0.421 e. The molecule has 2 aromatic heterocycles. The number of hydrogen-bond donors (Lipinski definition) is 0. The highest BCUT2D eigenvalue weighted by atomic mass is 19.1. The molecule has 0 spiro atoms. The highest BCUT2D eigenvalue weighted by Crippen LogP contribution is 2.19. The number of pyridine rings is 1. The highest BCUT2D eigenvalue weighted by molar-refractivity contribution is 5.21. The van der Waals surface area contributed by atoms with E-state index in [-0.39, 0.29) is 5.88 Å². The van der Waals surface area contributed by atoms with Gasteiger partial charge in [-0.1, -0.05) is 6.07 Å². The molecule has 0 aliphatic heterocycles. The summed E-state index contributed by atoms with van der Waals surface area (Å²) in [6.45, 7) is 1.85. The summed E-state index contributed by atoms with van der Waals surface area (Å²) < 4.78 is 19.7. The van der Waals surface area contributed by atoms with Crippen LogP contribution in [0, 0.1) is 12.9 Å². The Balaban J connectivity index is 2.25. The van der Waals surface area contributed by atoms with Crippen LogP contribution >= 0.6 is 0 Å². The van der Waals surface area contributed by atoms with Gasteiger partial charge in [0.25, 0.3) is 0 Å². The maximum Gasteiger partial charge on any atom is 0.223 e. The van der Waals surface area contributed by atoms with E-state index in [1.54, 1.807) is 29.9 Å². The molecule has 0 radical (unpaired) electrons. The lowest BCUT2D eigenvalue weighted by Gasteiger charge is -2.03. The van der Waals surface area contributed by atoms with Gasteiger partial charge in [-0.2, -0.15) is 14.5 Å². The van der Waals surface area contributed by atoms with E-state index < -0.39 is 5.95 Å². The Kier molecular flexibility index (Phi) is 2.37. The zero-order valence-electron chi connectivity index (χ0n) is 8.44. The maximum atomic E-state index is 12.8. The molecule has 0 aliphatic carbocycles. The molecule has 2 heterocycles. The largest absolute Gasteiger partial charge is 0.421 e. The Morgan fingerprint density at radius 1 is 1.40 bits per heavy atom. The number of nitrogens with zero attached hydrogens (tertiary/aromatic N) is 3. The molecule has 0 saturated heterocycles. The van der Waals surface area contributed by atoms with Crippen LogP contribution in [0.3, 0.4) is 0 Å². The van der Waals surface area contributed by atoms with Gasteiger partial charge < -0.3 is 4.74 Å². The minimum atomic E-state index is -0.564. The lowest BCUT2D eigenvalue weighted by Crippen LogP contribution is -1.96. The van der Waals surface area contributed by atoms with Gasteiger partial charge in [0, 0.05) is 19.2 Å². The van der Waals surface area contributed by atoms with Gasteiger partial charge in [-0.15, -0.1) is 0 Å². The van der Waals surface area contributed by atoms with Gasteiger partial charge in [-0.05, 0) is 13.0 Å². The monoisotopic (exact) mass is 207 g/mol. The van der Waals surface area contributed by atoms with Crippen LogP contribution in [0.5, 0.6) is 11.8 Å². The molecule has 2 rings (SSSR count). The number of ether oxygens (including phenoxy) is 1. The molecule has 2 aromatic rings. The molecule has 5 heteroatoms. The van der Waals surface area contributed by atoms with Crippen LogP contribution in [0.15, 0.2) is 24.3 Å². The summed E-state index contributed by atoms with van der Waals surface area (Å²) >= 11 is 0. The second-order valence-electron chi connectivity index (χ2n) is 3.15. The zero-order chi connectivity index (χ0) is 10.8. The first-order valence-electron chi connectivity index (χ1n) is 4.46. The van der Waals surface area contributed by atoms with E-state index in [0.717, 1.165) is 5.69 Å². The van der Waals surface area contributed by atoms with Crippen LogP contribution < -0.4 is 4.74 Å². The third kappa shape index (κ3) is 2.12. The Hall–Kier alpha value is -1.91. The number of aromatic nitrogens is 3. The molecular weight excluding hydrogens is 197 g/mol. The molecule has 0 atom stereocenters. The maximum absolute atomic E-state index is 12.8. The minimum absolute atomic E-state index is 0.220. The topological polar surface area (TPSA) is 39.9 Å². The van der Waals surface area contributed by atoms with Crippen molar-refractivity contribution < 1.29 is 9.13 Å². The standard InChI is InChI=1S/C10H10FN3O/c1-7-6-10(14(2)13-7)15-9-5-3-4-8(11)12-9/h3-6H,1-2H3.